The third-order valence-corrected chi connectivity index (χ3v) is 5.55. The van der Waals surface area contributed by atoms with Crippen LogP contribution in [0.5, 0.6) is 17.2 Å². The maximum absolute atomic E-state index is 12.9. The molecule has 0 aliphatic carbocycles. The highest BCUT2D eigenvalue weighted by atomic mass is 79.9. The Hall–Kier alpha value is -2.25. The molecular weight excluding hydrogens is 424 g/mol. The summed E-state index contributed by atoms with van der Waals surface area (Å²) >= 11 is 3.44. The Morgan fingerprint density at radius 2 is 1.61 bits per heavy atom. The van der Waals surface area contributed by atoms with Crippen LogP contribution in [0.15, 0.2) is 46.9 Å². The van der Waals surface area contributed by atoms with Gasteiger partial charge in [-0.3, -0.25) is 9.69 Å². The molecule has 1 heterocycles. The van der Waals surface area contributed by atoms with Crippen molar-refractivity contribution in [1.82, 2.24) is 9.80 Å². The average molecular weight is 449 g/mol. The lowest BCUT2D eigenvalue weighted by molar-refractivity contribution is 0.0619. The van der Waals surface area contributed by atoms with E-state index >= 15 is 0 Å². The van der Waals surface area contributed by atoms with Crippen molar-refractivity contribution < 1.29 is 19.0 Å². The second-order valence-electron chi connectivity index (χ2n) is 6.49. The van der Waals surface area contributed by atoms with Gasteiger partial charge in [0, 0.05) is 38.3 Å². The number of methoxy groups -OCH3 is 2. The van der Waals surface area contributed by atoms with E-state index < -0.39 is 0 Å². The normalized spacial score (nSPS) is 14.6. The first kappa shape index (κ1) is 20.5. The molecule has 0 spiro atoms. The van der Waals surface area contributed by atoms with Crippen LogP contribution in [-0.4, -0.2) is 69.3 Å². The van der Waals surface area contributed by atoms with Crippen LogP contribution in [0, 0.1) is 0 Å². The van der Waals surface area contributed by atoms with Gasteiger partial charge in [-0.2, -0.15) is 0 Å². The van der Waals surface area contributed by atoms with E-state index in [0.29, 0.717) is 41.2 Å². The average Bonchev–Trinajstić information content (AvgIpc) is 2.74. The number of carbonyl (C=O) groups is 1. The number of amides is 1. The summed E-state index contributed by atoms with van der Waals surface area (Å²) in [7, 11) is 3.15. The molecule has 0 radical (unpaired) electrons. The summed E-state index contributed by atoms with van der Waals surface area (Å²) in [5.74, 6) is 2.04. The van der Waals surface area contributed by atoms with E-state index in [1.165, 1.54) is 0 Å². The molecule has 0 saturated carbocycles. The number of carbonyl (C=O) groups excluding carboxylic acids is 1. The Morgan fingerprint density at radius 1 is 1.00 bits per heavy atom. The van der Waals surface area contributed by atoms with E-state index in [2.05, 4.69) is 20.8 Å². The van der Waals surface area contributed by atoms with Gasteiger partial charge in [-0.05, 0) is 40.2 Å². The van der Waals surface area contributed by atoms with Gasteiger partial charge in [0.2, 0.25) is 0 Å². The fourth-order valence-electron chi connectivity index (χ4n) is 3.16. The zero-order valence-electron chi connectivity index (χ0n) is 16.2. The molecule has 6 nitrogen and oxygen atoms in total. The standard InChI is InChI=1S/C21H25BrN2O4/c1-26-18-14-16(15-19(27-2)20(18)22)21(25)24-10-8-23(9-11-24)12-13-28-17-6-4-3-5-7-17/h3-7,14-15H,8-13H2,1-2H3. The summed E-state index contributed by atoms with van der Waals surface area (Å²) in [6, 6.07) is 13.3. The predicted molar refractivity (Wildman–Crippen MR) is 112 cm³/mol. The molecule has 2 aromatic rings. The van der Waals surface area contributed by atoms with Crippen molar-refractivity contribution in [3.63, 3.8) is 0 Å². The highest BCUT2D eigenvalue weighted by Gasteiger charge is 2.24. The van der Waals surface area contributed by atoms with Crippen LogP contribution < -0.4 is 14.2 Å². The molecule has 1 aliphatic rings. The van der Waals surface area contributed by atoms with Gasteiger partial charge in [0.15, 0.2) is 0 Å². The smallest absolute Gasteiger partial charge is 0.254 e. The maximum Gasteiger partial charge on any atom is 0.254 e. The largest absolute Gasteiger partial charge is 0.495 e. The summed E-state index contributed by atoms with van der Waals surface area (Å²) in [5, 5.41) is 0. The van der Waals surface area contributed by atoms with Gasteiger partial charge in [-0.1, -0.05) is 18.2 Å². The van der Waals surface area contributed by atoms with Gasteiger partial charge in [0.25, 0.3) is 5.91 Å². The van der Waals surface area contributed by atoms with Crippen molar-refractivity contribution in [2.75, 3.05) is 53.6 Å². The van der Waals surface area contributed by atoms with Crippen molar-refractivity contribution in [2.24, 2.45) is 0 Å². The second kappa shape index (κ2) is 9.80. The van der Waals surface area contributed by atoms with Crippen LogP contribution in [-0.2, 0) is 0 Å². The Bertz CT molecular complexity index is 767. The van der Waals surface area contributed by atoms with Crippen LogP contribution in [0.4, 0.5) is 0 Å². The first-order valence-corrected chi connectivity index (χ1v) is 10.0. The van der Waals surface area contributed by atoms with E-state index in [1.54, 1.807) is 26.4 Å². The molecule has 28 heavy (non-hydrogen) atoms. The molecule has 0 bridgehead atoms. The monoisotopic (exact) mass is 448 g/mol. The minimum Gasteiger partial charge on any atom is -0.495 e. The summed E-state index contributed by atoms with van der Waals surface area (Å²) in [6.45, 7) is 4.51. The van der Waals surface area contributed by atoms with Crippen molar-refractivity contribution >= 4 is 21.8 Å². The quantitative estimate of drug-likeness (QED) is 0.650. The number of rotatable bonds is 7. The highest BCUT2D eigenvalue weighted by molar-refractivity contribution is 9.10. The molecule has 1 aliphatic heterocycles. The van der Waals surface area contributed by atoms with E-state index in [-0.39, 0.29) is 5.91 Å². The topological polar surface area (TPSA) is 51.2 Å². The lowest BCUT2D eigenvalue weighted by Gasteiger charge is -2.34. The Kier molecular flexibility index (Phi) is 7.17. The van der Waals surface area contributed by atoms with Crippen LogP contribution in [0.3, 0.4) is 0 Å². The molecule has 7 heteroatoms. The lowest BCUT2D eigenvalue weighted by Crippen LogP contribution is -2.49. The Labute approximate surface area is 174 Å². The second-order valence-corrected chi connectivity index (χ2v) is 7.28. The third-order valence-electron chi connectivity index (χ3n) is 4.77. The highest BCUT2D eigenvalue weighted by Crippen LogP contribution is 2.36. The van der Waals surface area contributed by atoms with Crippen LogP contribution in [0.25, 0.3) is 0 Å². The predicted octanol–water partition coefficient (Wildman–Crippen LogP) is 3.30. The molecule has 3 rings (SSSR count). The lowest BCUT2D eigenvalue weighted by atomic mass is 10.1. The fraction of sp³-hybridized carbons (Fsp3) is 0.381. The third kappa shape index (κ3) is 4.97. The van der Waals surface area contributed by atoms with Crippen LogP contribution >= 0.6 is 15.9 Å². The van der Waals surface area contributed by atoms with Crippen LogP contribution in [0.2, 0.25) is 0 Å². The van der Waals surface area contributed by atoms with E-state index in [0.717, 1.165) is 25.4 Å². The van der Waals surface area contributed by atoms with E-state index in [1.807, 2.05) is 35.2 Å². The zero-order chi connectivity index (χ0) is 19.9. The summed E-state index contributed by atoms with van der Waals surface area (Å²) < 4.78 is 17.2. The number of para-hydroxylation sites is 1. The molecule has 1 fully saturated rings. The molecular formula is C21H25BrN2O4. The maximum atomic E-state index is 12.9. The molecule has 0 N–H and O–H groups in total. The van der Waals surface area contributed by atoms with Crippen molar-refractivity contribution in [1.29, 1.82) is 0 Å². The van der Waals surface area contributed by atoms with E-state index in [9.17, 15) is 4.79 Å². The van der Waals surface area contributed by atoms with Gasteiger partial charge >= 0.3 is 0 Å². The molecule has 150 valence electrons. The fourth-order valence-corrected chi connectivity index (χ4v) is 3.71. The van der Waals surface area contributed by atoms with E-state index in [4.69, 9.17) is 14.2 Å². The number of piperazine rings is 1. The molecule has 1 saturated heterocycles. The first-order chi connectivity index (χ1) is 13.6. The van der Waals surface area contributed by atoms with Gasteiger partial charge in [-0.15, -0.1) is 0 Å². The molecule has 0 unspecified atom stereocenters. The Balaban J connectivity index is 1.52. The minimum atomic E-state index is -0.00992. The number of nitrogens with zero attached hydrogens (tertiary/aromatic N) is 2. The van der Waals surface area contributed by atoms with Gasteiger partial charge < -0.3 is 19.1 Å². The Morgan fingerprint density at radius 3 is 2.18 bits per heavy atom. The summed E-state index contributed by atoms with van der Waals surface area (Å²) in [5.41, 5.74) is 0.567. The minimum absolute atomic E-state index is 0.00992. The van der Waals surface area contributed by atoms with Crippen LogP contribution in [0.1, 0.15) is 10.4 Å². The van der Waals surface area contributed by atoms with Crippen molar-refractivity contribution in [3.05, 3.63) is 52.5 Å². The summed E-state index contributed by atoms with van der Waals surface area (Å²) in [6.07, 6.45) is 0. The molecule has 0 aromatic heterocycles. The number of benzene rings is 2. The van der Waals surface area contributed by atoms with Gasteiger partial charge in [0.05, 0.1) is 14.2 Å². The molecule has 2 aromatic carbocycles. The zero-order valence-corrected chi connectivity index (χ0v) is 17.8. The van der Waals surface area contributed by atoms with Crippen molar-refractivity contribution in [3.8, 4) is 17.2 Å². The SMILES string of the molecule is COc1cc(C(=O)N2CCN(CCOc3ccccc3)CC2)cc(OC)c1Br. The number of halogens is 1. The first-order valence-electron chi connectivity index (χ1n) is 9.23. The number of hydrogen-bond acceptors (Lipinski definition) is 5. The number of hydrogen-bond donors (Lipinski definition) is 0. The molecule has 1 amide bonds. The van der Waals surface area contributed by atoms with Crippen molar-refractivity contribution in [2.45, 2.75) is 0 Å². The van der Waals surface area contributed by atoms with Gasteiger partial charge in [-0.25, -0.2) is 0 Å². The molecule has 0 atom stereocenters. The van der Waals surface area contributed by atoms with Gasteiger partial charge in [0.1, 0.15) is 28.3 Å². The summed E-state index contributed by atoms with van der Waals surface area (Å²) in [4.78, 5) is 17.1. The number of ether oxygens (including phenoxy) is 3.